The molecule has 5 fully saturated rings. The molecule has 178 valence electrons. The summed E-state index contributed by atoms with van der Waals surface area (Å²) in [6.45, 7) is 16.3. The number of esters is 1. The highest BCUT2D eigenvalue weighted by Crippen LogP contribution is 2.60. The zero-order chi connectivity index (χ0) is 22.7. The summed E-state index contributed by atoms with van der Waals surface area (Å²) >= 11 is 0. The van der Waals surface area contributed by atoms with Crippen molar-refractivity contribution in [1.82, 2.24) is 0 Å². The minimum absolute atomic E-state index is 0.0870. The van der Waals surface area contributed by atoms with Gasteiger partial charge in [-0.3, -0.25) is 4.79 Å². The highest BCUT2D eigenvalue weighted by Gasteiger charge is 2.70. The topological polar surface area (TPSA) is 63.2 Å². The Labute approximate surface area is 188 Å². The van der Waals surface area contributed by atoms with E-state index in [-0.39, 0.29) is 28.8 Å². The Kier molecular flexibility index (Phi) is 6.17. The molecule has 0 aromatic rings. The molecule has 1 spiro atoms. The average Bonchev–Trinajstić information content (AvgIpc) is 2.89. The summed E-state index contributed by atoms with van der Waals surface area (Å²) in [5.74, 6) is -0.234. The molecule has 4 aliphatic heterocycles. The van der Waals surface area contributed by atoms with Crippen molar-refractivity contribution in [2.24, 2.45) is 23.7 Å². The minimum atomic E-state index is -1.73. The van der Waals surface area contributed by atoms with E-state index in [2.05, 4.69) is 40.8 Å². The van der Waals surface area contributed by atoms with Gasteiger partial charge in [-0.05, 0) is 63.1 Å². The van der Waals surface area contributed by atoms with Crippen LogP contribution in [0.1, 0.15) is 79.6 Å². The average molecular weight is 455 g/mol. The van der Waals surface area contributed by atoms with Crippen LogP contribution in [0.3, 0.4) is 0 Å². The molecule has 4 heterocycles. The molecule has 0 aromatic heterocycles. The van der Waals surface area contributed by atoms with Crippen LogP contribution in [-0.2, 0) is 28.5 Å². The molecule has 7 atom stereocenters. The molecule has 1 unspecified atom stereocenters. The third-order valence-electron chi connectivity index (χ3n) is 8.97. The molecule has 1 aliphatic carbocycles. The van der Waals surface area contributed by atoms with Gasteiger partial charge < -0.3 is 13.9 Å². The van der Waals surface area contributed by atoms with Gasteiger partial charge in [0.2, 0.25) is 12.1 Å². The predicted octanol–water partition coefficient (Wildman–Crippen LogP) is 5.57. The maximum absolute atomic E-state index is 13.1. The van der Waals surface area contributed by atoms with Crippen molar-refractivity contribution in [3.8, 4) is 0 Å². The molecule has 7 heteroatoms. The van der Waals surface area contributed by atoms with Crippen molar-refractivity contribution in [2.45, 2.75) is 115 Å². The van der Waals surface area contributed by atoms with E-state index in [1.54, 1.807) is 0 Å². The summed E-state index contributed by atoms with van der Waals surface area (Å²) in [5, 5.41) is 0.217. The Morgan fingerprint density at radius 1 is 1.10 bits per heavy atom. The lowest BCUT2D eigenvalue weighted by molar-refractivity contribution is -0.559. The second-order valence-electron chi connectivity index (χ2n) is 12.1. The number of rotatable bonds is 6. The lowest BCUT2D eigenvalue weighted by atomic mass is 9.57. The van der Waals surface area contributed by atoms with Crippen LogP contribution < -0.4 is 0 Å². The SMILES string of the molecule is C[C@@H]1CC[C@H]2[C@@H](CCCCO[Si](C)(C)C(C)(C)C)C(=O)OC3O[C@@]4(C)CC[C@@H]1[C@]32OO4. The lowest BCUT2D eigenvalue weighted by Crippen LogP contribution is -2.70. The second-order valence-corrected chi connectivity index (χ2v) is 16.9. The van der Waals surface area contributed by atoms with Crippen molar-refractivity contribution in [1.29, 1.82) is 0 Å². The van der Waals surface area contributed by atoms with Gasteiger partial charge >= 0.3 is 5.97 Å². The van der Waals surface area contributed by atoms with Crippen LogP contribution in [0.5, 0.6) is 0 Å². The summed E-state index contributed by atoms with van der Waals surface area (Å²) < 4.78 is 18.5. The van der Waals surface area contributed by atoms with Crippen molar-refractivity contribution in [2.75, 3.05) is 6.61 Å². The summed E-state index contributed by atoms with van der Waals surface area (Å²) in [7, 11) is -1.73. The van der Waals surface area contributed by atoms with Crippen LogP contribution >= 0.6 is 0 Å². The second kappa shape index (κ2) is 8.08. The molecule has 0 amide bonds. The van der Waals surface area contributed by atoms with Crippen LogP contribution in [-0.4, -0.2) is 38.6 Å². The van der Waals surface area contributed by atoms with Crippen molar-refractivity contribution in [3.63, 3.8) is 0 Å². The Morgan fingerprint density at radius 2 is 1.84 bits per heavy atom. The van der Waals surface area contributed by atoms with E-state index in [9.17, 15) is 4.79 Å². The number of ether oxygens (including phenoxy) is 2. The number of carbonyl (C=O) groups excluding carboxylic acids is 1. The van der Waals surface area contributed by atoms with Gasteiger partial charge in [-0.1, -0.05) is 34.1 Å². The number of fused-ring (bicyclic) bond motifs is 2. The molecular formula is C24H42O6Si. The van der Waals surface area contributed by atoms with E-state index in [1.165, 1.54) is 0 Å². The number of unbranched alkanes of at least 4 members (excludes halogenated alkanes) is 1. The van der Waals surface area contributed by atoms with Crippen LogP contribution in [0.15, 0.2) is 0 Å². The lowest BCUT2D eigenvalue weighted by Gasteiger charge is -2.58. The standard InChI is InChI=1S/C24H42O6Si/c1-16-11-12-19-17(10-8-9-15-26-31(6,7)22(2,3)4)20(25)27-21-24(19)18(16)13-14-23(5,28-21)29-30-24/h16-19,21H,8-15H2,1-7H3/t16-,17-,18+,19+,21?,23-,24-/m1/s1. The summed E-state index contributed by atoms with van der Waals surface area (Å²) in [4.78, 5) is 25.1. The molecule has 5 aliphatic rings. The van der Waals surface area contributed by atoms with Crippen LogP contribution in [0.25, 0.3) is 0 Å². The Hall–Kier alpha value is -0.473. The molecule has 0 aromatic carbocycles. The number of hydrogen-bond donors (Lipinski definition) is 0. The first-order chi connectivity index (χ1) is 14.4. The first-order valence-electron chi connectivity index (χ1n) is 12.3. The van der Waals surface area contributed by atoms with Crippen molar-refractivity contribution in [3.05, 3.63) is 0 Å². The van der Waals surface area contributed by atoms with E-state index < -0.39 is 26.0 Å². The summed E-state index contributed by atoms with van der Waals surface area (Å²) in [6.07, 6.45) is 5.88. The van der Waals surface area contributed by atoms with Gasteiger partial charge in [-0.2, -0.15) is 0 Å². The van der Waals surface area contributed by atoms with Gasteiger partial charge in [0.25, 0.3) is 0 Å². The zero-order valence-electron chi connectivity index (χ0n) is 20.5. The van der Waals surface area contributed by atoms with Crippen molar-refractivity contribution < 1.29 is 28.5 Å². The van der Waals surface area contributed by atoms with Crippen LogP contribution in [0.4, 0.5) is 0 Å². The van der Waals surface area contributed by atoms with E-state index in [0.717, 1.165) is 51.6 Å². The van der Waals surface area contributed by atoms with Gasteiger partial charge in [0.1, 0.15) is 0 Å². The van der Waals surface area contributed by atoms with Crippen molar-refractivity contribution >= 4 is 14.3 Å². The molecule has 0 radical (unpaired) electrons. The molecular weight excluding hydrogens is 412 g/mol. The fraction of sp³-hybridized carbons (Fsp3) is 0.958. The third kappa shape index (κ3) is 4.03. The number of hydrogen-bond acceptors (Lipinski definition) is 6. The monoisotopic (exact) mass is 454 g/mol. The van der Waals surface area contributed by atoms with E-state index >= 15 is 0 Å². The highest BCUT2D eigenvalue weighted by molar-refractivity contribution is 6.74. The maximum atomic E-state index is 13.1. The fourth-order valence-corrected chi connectivity index (χ4v) is 7.03. The van der Waals surface area contributed by atoms with Gasteiger partial charge in [0.15, 0.2) is 13.9 Å². The Balaban J connectivity index is 1.43. The third-order valence-corrected chi connectivity index (χ3v) is 13.5. The molecule has 0 N–H and O–H groups in total. The molecule has 5 rings (SSSR count). The zero-order valence-corrected chi connectivity index (χ0v) is 21.5. The smallest absolute Gasteiger partial charge is 0.311 e. The fourth-order valence-electron chi connectivity index (χ4n) is 5.95. The summed E-state index contributed by atoms with van der Waals surface area (Å²) in [5.41, 5.74) is -0.663. The maximum Gasteiger partial charge on any atom is 0.311 e. The molecule has 2 bridgehead atoms. The minimum Gasteiger partial charge on any atom is -0.432 e. The molecule has 6 nitrogen and oxygen atoms in total. The predicted molar refractivity (Wildman–Crippen MR) is 119 cm³/mol. The molecule has 1 saturated carbocycles. The highest BCUT2D eigenvalue weighted by atomic mass is 28.4. The number of carbonyl (C=O) groups is 1. The molecule has 31 heavy (non-hydrogen) atoms. The normalized spacial score (nSPS) is 42.7. The van der Waals surface area contributed by atoms with Crippen LogP contribution in [0.2, 0.25) is 18.1 Å². The van der Waals surface area contributed by atoms with Gasteiger partial charge in [0, 0.05) is 24.9 Å². The first kappa shape index (κ1) is 23.7. The quantitative estimate of drug-likeness (QED) is 0.226. The van der Waals surface area contributed by atoms with Crippen LogP contribution in [0, 0.1) is 23.7 Å². The van der Waals surface area contributed by atoms with Gasteiger partial charge in [0.05, 0.1) is 5.92 Å². The Morgan fingerprint density at radius 3 is 2.55 bits per heavy atom. The van der Waals surface area contributed by atoms with Gasteiger partial charge in [-0.15, -0.1) is 0 Å². The first-order valence-corrected chi connectivity index (χ1v) is 15.2. The van der Waals surface area contributed by atoms with Gasteiger partial charge in [-0.25, -0.2) is 9.78 Å². The summed E-state index contributed by atoms with van der Waals surface area (Å²) in [6, 6.07) is 0. The largest absolute Gasteiger partial charge is 0.432 e. The van der Waals surface area contributed by atoms with E-state index in [1.807, 2.05) is 6.92 Å². The Bertz CT molecular complexity index is 690. The molecule has 4 saturated heterocycles. The van der Waals surface area contributed by atoms with E-state index in [0.29, 0.717) is 5.92 Å². The van der Waals surface area contributed by atoms with E-state index in [4.69, 9.17) is 23.7 Å².